The van der Waals surface area contributed by atoms with Gasteiger partial charge in [-0.2, -0.15) is 0 Å². The summed E-state index contributed by atoms with van der Waals surface area (Å²) in [5.74, 6) is -1.50. The van der Waals surface area contributed by atoms with Gasteiger partial charge < -0.3 is 20.9 Å². The molecule has 0 fully saturated rings. The fraction of sp³-hybridized carbons (Fsp3) is 0.308. The maximum atomic E-state index is 11.0. The van der Waals surface area contributed by atoms with Crippen LogP contribution in [0.3, 0.4) is 0 Å². The minimum absolute atomic E-state index is 0.0492. The van der Waals surface area contributed by atoms with Crippen LogP contribution in [-0.4, -0.2) is 17.8 Å². The van der Waals surface area contributed by atoms with Crippen LogP contribution in [0.4, 0.5) is 0 Å². The van der Waals surface area contributed by atoms with Crippen LogP contribution in [0.15, 0.2) is 18.2 Å². The van der Waals surface area contributed by atoms with Crippen molar-refractivity contribution in [2.24, 2.45) is 11.5 Å². The molecule has 1 rings (SSSR count). The molecule has 0 aromatic heterocycles. The van der Waals surface area contributed by atoms with E-state index < -0.39 is 23.9 Å². The average molecular weight is 280 g/mol. The number of hydrogen-bond donors (Lipinski definition) is 2. The fourth-order valence-electron chi connectivity index (χ4n) is 1.56. The number of carbonyl (C=O) groups is 3. The molecule has 0 spiro atoms. The van der Waals surface area contributed by atoms with Gasteiger partial charge in [-0.05, 0) is 17.7 Å². The molecule has 0 saturated carbocycles. The van der Waals surface area contributed by atoms with Gasteiger partial charge in [-0.1, -0.05) is 6.07 Å². The maximum Gasteiger partial charge on any atom is 0.308 e. The average Bonchev–Trinajstić information content (AvgIpc) is 2.29. The van der Waals surface area contributed by atoms with Crippen LogP contribution in [0.25, 0.3) is 0 Å². The molecule has 1 aromatic rings. The van der Waals surface area contributed by atoms with Crippen molar-refractivity contribution in [1.82, 2.24) is 0 Å². The first-order valence-corrected chi connectivity index (χ1v) is 5.84. The number of carbonyl (C=O) groups excluding carboxylic acids is 3. The Hall–Kier alpha value is -2.41. The predicted octanol–water partition coefficient (Wildman–Crippen LogP) is 0.412. The van der Waals surface area contributed by atoms with E-state index in [4.69, 9.17) is 20.9 Å². The fourth-order valence-corrected chi connectivity index (χ4v) is 1.56. The Kier molecular flexibility index (Phi) is 5.22. The summed E-state index contributed by atoms with van der Waals surface area (Å²) in [4.78, 5) is 32.9. The lowest BCUT2D eigenvalue weighted by Gasteiger charge is -2.14. The Labute approximate surface area is 115 Å². The van der Waals surface area contributed by atoms with Gasteiger partial charge in [0.2, 0.25) is 5.91 Å². The van der Waals surface area contributed by atoms with Crippen molar-refractivity contribution in [3.8, 4) is 11.5 Å². The van der Waals surface area contributed by atoms with Crippen molar-refractivity contribution < 1.29 is 23.9 Å². The van der Waals surface area contributed by atoms with Crippen molar-refractivity contribution in [2.75, 3.05) is 0 Å². The lowest BCUT2D eigenvalue weighted by Crippen LogP contribution is -2.20. The zero-order chi connectivity index (χ0) is 15.3. The SMILES string of the molecule is CC(=O)Oc1ccc(C(N)CC(N)=O)cc1OC(C)=O. The van der Waals surface area contributed by atoms with E-state index in [1.165, 1.54) is 26.0 Å². The first kappa shape index (κ1) is 15.6. The monoisotopic (exact) mass is 280 g/mol. The molecule has 4 N–H and O–H groups in total. The Morgan fingerprint density at radius 2 is 1.65 bits per heavy atom. The van der Waals surface area contributed by atoms with E-state index >= 15 is 0 Å². The number of hydrogen-bond acceptors (Lipinski definition) is 6. The van der Waals surface area contributed by atoms with Gasteiger partial charge >= 0.3 is 11.9 Å². The molecule has 0 bridgehead atoms. The van der Waals surface area contributed by atoms with E-state index in [1.807, 2.05) is 0 Å². The molecule has 1 amide bonds. The molecular formula is C13H16N2O5. The Morgan fingerprint density at radius 1 is 1.10 bits per heavy atom. The van der Waals surface area contributed by atoms with Crippen LogP contribution >= 0.6 is 0 Å². The third kappa shape index (κ3) is 4.69. The molecule has 1 unspecified atom stereocenters. The van der Waals surface area contributed by atoms with Crippen molar-refractivity contribution in [3.05, 3.63) is 23.8 Å². The number of ether oxygens (including phenoxy) is 2. The third-order valence-electron chi connectivity index (χ3n) is 2.32. The minimum atomic E-state index is -0.631. The van der Waals surface area contributed by atoms with Gasteiger partial charge in [-0.25, -0.2) is 0 Å². The lowest BCUT2D eigenvalue weighted by molar-refractivity contribution is -0.134. The van der Waals surface area contributed by atoms with Crippen molar-refractivity contribution in [3.63, 3.8) is 0 Å². The predicted molar refractivity (Wildman–Crippen MR) is 69.8 cm³/mol. The highest BCUT2D eigenvalue weighted by Gasteiger charge is 2.15. The summed E-state index contributed by atoms with van der Waals surface area (Å²) in [6, 6.07) is 3.82. The summed E-state index contributed by atoms with van der Waals surface area (Å²) in [6.07, 6.45) is -0.0492. The first-order chi connectivity index (χ1) is 9.29. The van der Waals surface area contributed by atoms with E-state index in [-0.39, 0.29) is 17.9 Å². The highest BCUT2D eigenvalue weighted by Crippen LogP contribution is 2.31. The summed E-state index contributed by atoms with van der Waals surface area (Å²) in [5.41, 5.74) is 11.4. The standard InChI is InChI=1S/C13H16N2O5/c1-7(16)19-11-4-3-9(10(14)6-13(15)18)5-12(11)20-8(2)17/h3-5,10H,6,14H2,1-2H3,(H2,15,18). The number of esters is 2. The summed E-state index contributed by atoms with van der Waals surface area (Å²) < 4.78 is 9.87. The Bertz CT molecular complexity index is 542. The quantitative estimate of drug-likeness (QED) is 0.595. The third-order valence-corrected chi connectivity index (χ3v) is 2.32. The highest BCUT2D eigenvalue weighted by atomic mass is 16.6. The van der Waals surface area contributed by atoms with E-state index in [2.05, 4.69) is 0 Å². The molecule has 0 saturated heterocycles. The highest BCUT2D eigenvalue weighted by molar-refractivity contribution is 5.75. The van der Waals surface area contributed by atoms with E-state index in [9.17, 15) is 14.4 Å². The van der Waals surface area contributed by atoms with Gasteiger partial charge in [0.25, 0.3) is 0 Å². The van der Waals surface area contributed by atoms with Crippen LogP contribution in [0.2, 0.25) is 0 Å². The van der Waals surface area contributed by atoms with Crippen LogP contribution in [-0.2, 0) is 14.4 Å². The molecule has 0 aliphatic rings. The van der Waals surface area contributed by atoms with E-state index in [0.717, 1.165) is 0 Å². The summed E-state index contributed by atoms with van der Waals surface area (Å²) in [5, 5.41) is 0. The number of primary amides is 1. The second-order valence-electron chi connectivity index (χ2n) is 4.17. The molecule has 108 valence electrons. The van der Waals surface area contributed by atoms with Crippen LogP contribution in [0, 0.1) is 0 Å². The molecule has 20 heavy (non-hydrogen) atoms. The van der Waals surface area contributed by atoms with Gasteiger partial charge in [-0.3, -0.25) is 14.4 Å². The number of nitrogens with two attached hydrogens (primary N) is 2. The van der Waals surface area contributed by atoms with Crippen molar-refractivity contribution >= 4 is 17.8 Å². The molecule has 0 aliphatic carbocycles. The summed E-state index contributed by atoms with van der Waals surface area (Å²) in [6.45, 7) is 2.44. The van der Waals surface area contributed by atoms with Crippen molar-refractivity contribution in [1.29, 1.82) is 0 Å². The topological polar surface area (TPSA) is 122 Å². The summed E-state index contributed by atoms with van der Waals surface area (Å²) >= 11 is 0. The van der Waals surface area contributed by atoms with Gasteiger partial charge in [0.15, 0.2) is 11.5 Å². The second kappa shape index (κ2) is 6.67. The first-order valence-electron chi connectivity index (χ1n) is 5.84. The van der Waals surface area contributed by atoms with Gasteiger partial charge in [-0.15, -0.1) is 0 Å². The summed E-state index contributed by atoms with van der Waals surface area (Å²) in [7, 11) is 0. The van der Waals surface area contributed by atoms with E-state index in [0.29, 0.717) is 5.56 Å². The minimum Gasteiger partial charge on any atom is -0.423 e. The van der Waals surface area contributed by atoms with Gasteiger partial charge in [0.1, 0.15) is 0 Å². The zero-order valence-corrected chi connectivity index (χ0v) is 11.2. The van der Waals surface area contributed by atoms with Crippen LogP contribution < -0.4 is 20.9 Å². The smallest absolute Gasteiger partial charge is 0.308 e. The molecule has 7 nitrogen and oxygen atoms in total. The maximum absolute atomic E-state index is 11.0. The molecule has 0 heterocycles. The number of amides is 1. The van der Waals surface area contributed by atoms with E-state index in [1.54, 1.807) is 6.07 Å². The number of benzene rings is 1. The van der Waals surface area contributed by atoms with Gasteiger partial charge in [0, 0.05) is 26.3 Å². The molecule has 0 radical (unpaired) electrons. The lowest BCUT2D eigenvalue weighted by atomic mass is 10.0. The number of rotatable bonds is 5. The second-order valence-corrected chi connectivity index (χ2v) is 4.17. The van der Waals surface area contributed by atoms with Gasteiger partial charge in [0.05, 0.1) is 0 Å². The largest absolute Gasteiger partial charge is 0.423 e. The molecule has 7 heteroatoms. The molecule has 1 atom stereocenters. The molecular weight excluding hydrogens is 264 g/mol. The Balaban J connectivity index is 3.09. The molecule has 0 aliphatic heterocycles. The van der Waals surface area contributed by atoms with Crippen molar-refractivity contribution in [2.45, 2.75) is 26.3 Å². The zero-order valence-electron chi connectivity index (χ0n) is 11.2. The normalized spacial score (nSPS) is 11.6. The van der Waals surface area contributed by atoms with Crippen LogP contribution in [0.5, 0.6) is 11.5 Å². The van der Waals surface area contributed by atoms with Crippen LogP contribution in [0.1, 0.15) is 31.9 Å². The molecule has 1 aromatic carbocycles. The Morgan fingerprint density at radius 3 is 2.15 bits per heavy atom.